The smallest absolute Gasteiger partial charge is 0.0822 e. The van der Waals surface area contributed by atoms with Gasteiger partial charge in [0.25, 0.3) is 0 Å². The molecule has 1 fully saturated rings. The molecule has 0 saturated carbocycles. The topological polar surface area (TPSA) is 16.1 Å². The van der Waals surface area contributed by atoms with Crippen molar-refractivity contribution in [2.75, 3.05) is 16.8 Å². The maximum atomic E-state index is 6.21. The lowest BCUT2D eigenvalue weighted by molar-refractivity contribution is 0.452. The van der Waals surface area contributed by atoms with E-state index in [0.29, 0.717) is 6.04 Å². The van der Waals surface area contributed by atoms with Gasteiger partial charge in [-0.25, -0.2) is 0 Å². The predicted octanol–water partition coefficient (Wildman–Crippen LogP) is 3.88. The van der Waals surface area contributed by atoms with Crippen LogP contribution >= 0.6 is 27.5 Å². The van der Waals surface area contributed by atoms with E-state index in [4.69, 9.17) is 11.6 Å². The van der Waals surface area contributed by atoms with Crippen LogP contribution in [0.2, 0.25) is 5.02 Å². The zero-order chi connectivity index (χ0) is 11.4. The van der Waals surface area contributed by atoms with Crippen LogP contribution in [-0.4, -0.2) is 22.9 Å². The highest BCUT2D eigenvalue weighted by atomic mass is 79.9. The van der Waals surface area contributed by atoms with Gasteiger partial charge in [0.15, 0.2) is 0 Å². The van der Waals surface area contributed by atoms with Gasteiger partial charge in [-0.2, -0.15) is 0 Å². The summed E-state index contributed by atoms with van der Waals surface area (Å²) < 4.78 is 0. The fraction of sp³-hybridized carbons (Fsp3) is 0.583. The quantitative estimate of drug-likeness (QED) is 0.788. The molecule has 1 aliphatic rings. The molecule has 16 heavy (non-hydrogen) atoms. The molecule has 0 spiro atoms. The second-order valence-electron chi connectivity index (χ2n) is 4.15. The molecule has 1 unspecified atom stereocenters. The Morgan fingerprint density at radius 3 is 3.12 bits per heavy atom. The first-order valence-electron chi connectivity index (χ1n) is 5.75. The van der Waals surface area contributed by atoms with E-state index >= 15 is 0 Å². The second kappa shape index (κ2) is 5.87. The molecule has 2 rings (SSSR count). The van der Waals surface area contributed by atoms with E-state index in [1.54, 1.807) is 6.20 Å². The Morgan fingerprint density at radius 1 is 1.50 bits per heavy atom. The predicted molar refractivity (Wildman–Crippen MR) is 72.6 cm³/mol. The largest absolute Gasteiger partial charge is 0.367 e. The number of nitrogens with zero attached hydrogens (tertiary/aromatic N) is 2. The Bertz CT molecular complexity index is 344. The first-order chi connectivity index (χ1) is 7.83. The summed E-state index contributed by atoms with van der Waals surface area (Å²) in [5.74, 6) is 0. The lowest BCUT2D eigenvalue weighted by atomic mass is 9.99. The lowest BCUT2D eigenvalue weighted by Crippen LogP contribution is -2.40. The summed E-state index contributed by atoms with van der Waals surface area (Å²) >= 11 is 9.74. The molecule has 1 aromatic heterocycles. The monoisotopic (exact) mass is 302 g/mol. The van der Waals surface area contributed by atoms with Crippen molar-refractivity contribution in [3.05, 3.63) is 23.5 Å². The number of hydrogen-bond donors (Lipinski definition) is 0. The summed E-state index contributed by atoms with van der Waals surface area (Å²) in [6.45, 7) is 1.11. The summed E-state index contributed by atoms with van der Waals surface area (Å²) in [5.41, 5.74) is 1.14. The van der Waals surface area contributed by atoms with Crippen LogP contribution in [0.15, 0.2) is 18.5 Å². The first kappa shape index (κ1) is 12.2. The standard InChI is InChI=1S/C12H16BrClN2/c13-6-4-10-3-1-2-8-16(10)12-5-7-15-9-11(12)14/h5,7,9-10H,1-4,6,8H2. The molecule has 2 heterocycles. The minimum absolute atomic E-state index is 0.619. The fourth-order valence-corrected chi connectivity index (χ4v) is 3.10. The van der Waals surface area contributed by atoms with Gasteiger partial charge in [-0.3, -0.25) is 4.98 Å². The van der Waals surface area contributed by atoms with Gasteiger partial charge in [0.1, 0.15) is 0 Å². The van der Waals surface area contributed by atoms with Crippen LogP contribution in [-0.2, 0) is 0 Å². The van der Waals surface area contributed by atoms with Gasteiger partial charge in [0.05, 0.1) is 10.7 Å². The van der Waals surface area contributed by atoms with Gasteiger partial charge < -0.3 is 4.90 Å². The van der Waals surface area contributed by atoms with Crippen molar-refractivity contribution in [1.29, 1.82) is 0 Å². The van der Waals surface area contributed by atoms with Crippen molar-refractivity contribution in [3.8, 4) is 0 Å². The highest BCUT2D eigenvalue weighted by molar-refractivity contribution is 9.09. The number of rotatable bonds is 3. The zero-order valence-electron chi connectivity index (χ0n) is 9.20. The van der Waals surface area contributed by atoms with Gasteiger partial charge in [-0.15, -0.1) is 0 Å². The highest BCUT2D eigenvalue weighted by Gasteiger charge is 2.23. The van der Waals surface area contributed by atoms with Gasteiger partial charge in [-0.1, -0.05) is 27.5 Å². The number of aromatic nitrogens is 1. The van der Waals surface area contributed by atoms with Gasteiger partial charge in [-0.05, 0) is 31.7 Å². The molecule has 0 aliphatic carbocycles. The van der Waals surface area contributed by atoms with Crippen molar-refractivity contribution in [2.24, 2.45) is 0 Å². The normalized spacial score (nSPS) is 21.1. The molecule has 1 atom stereocenters. The fourth-order valence-electron chi connectivity index (χ4n) is 2.34. The molecular formula is C12H16BrClN2. The van der Waals surface area contributed by atoms with E-state index in [9.17, 15) is 0 Å². The van der Waals surface area contributed by atoms with Crippen LogP contribution in [0.4, 0.5) is 5.69 Å². The van der Waals surface area contributed by atoms with Crippen molar-refractivity contribution in [2.45, 2.75) is 31.7 Å². The molecular weight excluding hydrogens is 288 g/mol. The number of pyridine rings is 1. The Morgan fingerprint density at radius 2 is 2.38 bits per heavy atom. The molecule has 2 nitrogen and oxygen atoms in total. The Kier molecular flexibility index (Phi) is 4.47. The third-order valence-corrected chi connectivity index (χ3v) is 3.88. The molecule has 0 aromatic carbocycles. The van der Waals surface area contributed by atoms with Crippen LogP contribution in [0.3, 0.4) is 0 Å². The first-order valence-corrected chi connectivity index (χ1v) is 7.25. The van der Waals surface area contributed by atoms with Crippen molar-refractivity contribution in [3.63, 3.8) is 0 Å². The third kappa shape index (κ3) is 2.69. The van der Waals surface area contributed by atoms with Crippen LogP contribution in [0.5, 0.6) is 0 Å². The van der Waals surface area contributed by atoms with Crippen LogP contribution < -0.4 is 4.90 Å². The van der Waals surface area contributed by atoms with Gasteiger partial charge >= 0.3 is 0 Å². The molecule has 4 heteroatoms. The summed E-state index contributed by atoms with van der Waals surface area (Å²) in [5, 5.41) is 1.82. The van der Waals surface area contributed by atoms with Crippen LogP contribution in [0.25, 0.3) is 0 Å². The number of hydrogen-bond acceptors (Lipinski definition) is 2. The Balaban J connectivity index is 2.19. The maximum absolute atomic E-state index is 6.21. The van der Waals surface area contributed by atoms with Crippen molar-refractivity contribution < 1.29 is 0 Å². The van der Waals surface area contributed by atoms with E-state index in [1.165, 1.54) is 25.7 Å². The van der Waals surface area contributed by atoms with Gasteiger partial charge in [0, 0.05) is 30.3 Å². The summed E-state index contributed by atoms with van der Waals surface area (Å²) in [7, 11) is 0. The maximum Gasteiger partial charge on any atom is 0.0822 e. The number of halogens is 2. The van der Waals surface area contributed by atoms with E-state index < -0.39 is 0 Å². The molecule has 1 saturated heterocycles. The summed E-state index contributed by atoms with van der Waals surface area (Å²) in [6.07, 6.45) is 8.59. The van der Waals surface area contributed by atoms with Crippen molar-refractivity contribution >= 4 is 33.2 Å². The van der Waals surface area contributed by atoms with Crippen molar-refractivity contribution in [1.82, 2.24) is 4.98 Å². The van der Waals surface area contributed by atoms with Gasteiger partial charge in [0.2, 0.25) is 0 Å². The SMILES string of the molecule is Clc1cnccc1N1CCCCC1CCBr. The third-order valence-electron chi connectivity index (χ3n) is 3.13. The molecule has 1 aliphatic heterocycles. The zero-order valence-corrected chi connectivity index (χ0v) is 11.5. The van der Waals surface area contributed by atoms with Crippen LogP contribution in [0.1, 0.15) is 25.7 Å². The van der Waals surface area contributed by atoms with Crippen LogP contribution in [0, 0.1) is 0 Å². The summed E-state index contributed by atoms with van der Waals surface area (Å²) in [4.78, 5) is 6.48. The molecule has 0 amide bonds. The highest BCUT2D eigenvalue weighted by Crippen LogP contribution is 2.31. The second-order valence-corrected chi connectivity index (χ2v) is 5.35. The lowest BCUT2D eigenvalue weighted by Gasteiger charge is -2.37. The average molecular weight is 304 g/mol. The van der Waals surface area contributed by atoms with E-state index in [-0.39, 0.29) is 0 Å². The average Bonchev–Trinajstić information content (AvgIpc) is 2.31. The number of alkyl halides is 1. The minimum Gasteiger partial charge on any atom is -0.367 e. The molecule has 0 N–H and O–H groups in total. The molecule has 1 aromatic rings. The number of piperidine rings is 1. The number of anilines is 1. The van der Waals surface area contributed by atoms with E-state index in [2.05, 4.69) is 25.8 Å². The summed E-state index contributed by atoms with van der Waals surface area (Å²) in [6, 6.07) is 2.64. The Labute approximate surface area is 110 Å². The molecule has 0 bridgehead atoms. The molecule has 88 valence electrons. The molecule has 0 radical (unpaired) electrons. The minimum atomic E-state index is 0.619. The van der Waals surface area contributed by atoms with E-state index in [1.807, 2.05) is 12.3 Å². The van der Waals surface area contributed by atoms with E-state index in [0.717, 1.165) is 22.6 Å². The Hall–Kier alpha value is -0.280.